The minimum Gasteiger partial charge on any atom is -0.113 e. The maximum Gasteiger partial charge on any atom is 0.0149 e. The van der Waals surface area contributed by atoms with Gasteiger partial charge in [-0.15, -0.1) is 7.53 Å². The summed E-state index contributed by atoms with van der Waals surface area (Å²) in [6.07, 6.45) is 0. The molecule has 0 radical (unpaired) electrons. The first kappa shape index (κ1) is 16.5. The molecule has 0 atom stereocenters. The zero-order chi connectivity index (χ0) is 16.4. The van der Waals surface area contributed by atoms with Gasteiger partial charge < -0.3 is 0 Å². The van der Waals surface area contributed by atoms with Crippen molar-refractivity contribution < 1.29 is 0 Å². The van der Waals surface area contributed by atoms with Gasteiger partial charge >= 0.3 is 0 Å². The van der Waals surface area contributed by atoms with Gasteiger partial charge in [-0.1, -0.05) is 60.7 Å². The highest BCUT2D eigenvalue weighted by atomic mass is 31.2. The molecule has 0 spiro atoms. The molecule has 0 amide bonds. The van der Waals surface area contributed by atoms with E-state index in [1.54, 1.807) is 10.6 Å². The van der Waals surface area contributed by atoms with E-state index in [0.717, 1.165) is 0 Å². The maximum absolute atomic E-state index is 2.35. The second kappa shape index (κ2) is 7.04. The fraction of sp³-hybridized carbons (Fsp3) is 0.238. The number of hydrogen-bond donors (Lipinski definition) is 0. The smallest absolute Gasteiger partial charge is 0.0149 e. The number of hydrogen-bond acceptors (Lipinski definition) is 0. The normalized spacial score (nSPS) is 11.2. The van der Waals surface area contributed by atoms with E-state index in [1.807, 2.05) is 0 Å². The van der Waals surface area contributed by atoms with E-state index in [0.29, 0.717) is 0 Å². The predicted octanol–water partition coefficient (Wildman–Crippen LogP) is 6.00. The Labute approximate surface area is 142 Å². The topological polar surface area (TPSA) is 0 Å². The Morgan fingerprint density at radius 2 is 1.04 bits per heavy atom. The molecule has 0 saturated heterocycles. The summed E-state index contributed by atoms with van der Waals surface area (Å²) < 4.78 is 0. The van der Waals surface area contributed by atoms with Crippen LogP contribution in [0.3, 0.4) is 0 Å². The van der Waals surface area contributed by atoms with Crippen molar-refractivity contribution in [3.05, 3.63) is 82.4 Å². The summed E-state index contributed by atoms with van der Waals surface area (Å²) in [5.74, 6) is 1.28. The summed E-state index contributed by atoms with van der Waals surface area (Å²) in [6.45, 7) is 9.29. The fourth-order valence-electron chi connectivity index (χ4n) is 3.08. The molecule has 1 heterocycles. The van der Waals surface area contributed by atoms with Crippen LogP contribution in [0.2, 0.25) is 0 Å². The Kier molecular flexibility index (Phi) is 5.05. The van der Waals surface area contributed by atoms with Crippen LogP contribution in [-0.4, -0.2) is 0 Å². The molecule has 3 rings (SSSR count). The van der Waals surface area contributed by atoms with Gasteiger partial charge in [0.15, 0.2) is 0 Å². The summed E-state index contributed by atoms with van der Waals surface area (Å²) in [5, 5.41) is 6.27. The summed E-state index contributed by atoms with van der Waals surface area (Å²) in [6, 6.07) is 22.2. The summed E-state index contributed by atoms with van der Waals surface area (Å²) in [7, 11) is -0.438. The minimum atomic E-state index is -0.293. The van der Waals surface area contributed by atoms with Gasteiger partial charge in [0.2, 0.25) is 0 Å². The molecule has 0 unspecified atom stereocenters. The molecule has 0 aliphatic heterocycles. The Balaban J connectivity index is 2.06. The predicted molar refractivity (Wildman–Crippen MR) is 107 cm³/mol. The Morgan fingerprint density at radius 3 is 1.43 bits per heavy atom. The van der Waals surface area contributed by atoms with Crippen molar-refractivity contribution in [3.8, 4) is 0 Å². The van der Waals surface area contributed by atoms with E-state index >= 15 is 0 Å². The Bertz CT molecular complexity index is 721. The van der Waals surface area contributed by atoms with Crippen LogP contribution in [0.15, 0.2) is 60.7 Å². The lowest BCUT2D eigenvalue weighted by molar-refractivity contribution is 1.32. The van der Waals surface area contributed by atoms with Crippen LogP contribution in [0.4, 0.5) is 0 Å². The van der Waals surface area contributed by atoms with Crippen molar-refractivity contribution in [2.45, 2.75) is 33.6 Å². The molecule has 0 N–H and O–H groups in total. The monoisotopic (exact) mass is 338 g/mol. The van der Waals surface area contributed by atoms with Gasteiger partial charge in [0.1, 0.15) is 0 Å². The van der Waals surface area contributed by atoms with Crippen LogP contribution in [0.5, 0.6) is 0 Å². The second-order valence-electron chi connectivity index (χ2n) is 6.09. The molecule has 3 aromatic rings. The third-order valence-corrected chi connectivity index (χ3v) is 11.3. The van der Waals surface area contributed by atoms with Crippen molar-refractivity contribution >= 4 is 26.1 Å². The molecule has 0 bridgehead atoms. The highest BCUT2D eigenvalue weighted by Crippen LogP contribution is 2.54. The van der Waals surface area contributed by atoms with Crippen molar-refractivity contribution in [1.82, 2.24) is 0 Å². The largest absolute Gasteiger partial charge is 0.113 e. The van der Waals surface area contributed by atoms with Gasteiger partial charge in [0.05, 0.1) is 0 Å². The average molecular weight is 338 g/mol. The van der Waals surface area contributed by atoms with Crippen molar-refractivity contribution in [2.75, 3.05) is 0 Å². The van der Waals surface area contributed by atoms with Gasteiger partial charge in [-0.25, -0.2) is 0 Å². The first-order chi connectivity index (χ1) is 11.1. The lowest BCUT2D eigenvalue weighted by Crippen LogP contribution is -2.11. The van der Waals surface area contributed by atoms with Crippen LogP contribution >= 0.6 is 15.5 Å². The van der Waals surface area contributed by atoms with Crippen molar-refractivity contribution in [2.24, 2.45) is 0 Å². The van der Waals surface area contributed by atoms with Crippen molar-refractivity contribution in [3.63, 3.8) is 0 Å². The third-order valence-electron chi connectivity index (χ3n) is 4.88. The molecule has 0 nitrogen and oxygen atoms in total. The van der Waals surface area contributed by atoms with Crippen molar-refractivity contribution in [1.29, 1.82) is 0 Å². The Hall–Kier alpha value is -1.35. The second-order valence-corrected chi connectivity index (χ2v) is 11.3. The van der Waals surface area contributed by atoms with Crippen LogP contribution in [-0.2, 0) is 5.90 Å². The zero-order valence-corrected chi connectivity index (χ0v) is 16.2. The summed E-state index contributed by atoms with van der Waals surface area (Å²) >= 11 is 0. The zero-order valence-electron chi connectivity index (χ0n) is 14.4. The summed E-state index contributed by atoms with van der Waals surface area (Å²) in [4.78, 5) is 0. The van der Waals surface area contributed by atoms with E-state index in [9.17, 15) is 0 Å². The molecule has 0 aliphatic rings. The van der Waals surface area contributed by atoms with E-state index < -0.39 is 0 Å². The minimum absolute atomic E-state index is 0.145. The van der Waals surface area contributed by atoms with Gasteiger partial charge in [-0.05, 0) is 67.9 Å². The van der Waals surface area contributed by atoms with Crippen LogP contribution in [0.25, 0.3) is 0 Å². The van der Waals surface area contributed by atoms with Crippen LogP contribution in [0.1, 0.15) is 21.7 Å². The SMILES string of the molecule is Cc1c(C)c(C)p(CP(c2ccccc2)c2ccccc2)c1C. The van der Waals surface area contributed by atoms with Gasteiger partial charge in [0, 0.05) is 5.90 Å². The molecular formula is C21H24P2. The van der Waals surface area contributed by atoms with Gasteiger partial charge in [-0.3, -0.25) is 0 Å². The molecule has 2 aromatic carbocycles. The van der Waals surface area contributed by atoms with E-state index in [-0.39, 0.29) is 15.5 Å². The molecule has 0 saturated carbocycles. The van der Waals surface area contributed by atoms with E-state index in [1.165, 1.54) is 27.6 Å². The standard InChI is InChI=1S/C21H24P2/c1-16-17(2)19(4)22(18(16)3)15-23(20-11-7-5-8-12-20)21-13-9-6-10-14-21/h5-14H,15H2,1-4H3. The molecular weight excluding hydrogens is 314 g/mol. The molecule has 0 aliphatic carbocycles. The third kappa shape index (κ3) is 3.30. The van der Waals surface area contributed by atoms with Crippen LogP contribution < -0.4 is 10.6 Å². The Morgan fingerprint density at radius 1 is 0.652 bits per heavy atom. The number of rotatable bonds is 4. The molecule has 1 aromatic heterocycles. The highest BCUT2D eigenvalue weighted by molar-refractivity contribution is 7.80. The first-order valence-electron chi connectivity index (χ1n) is 8.10. The lowest BCUT2D eigenvalue weighted by atomic mass is 10.2. The fourth-order valence-corrected chi connectivity index (χ4v) is 10.2. The van der Waals surface area contributed by atoms with Crippen LogP contribution in [0, 0.1) is 27.7 Å². The maximum atomic E-state index is 2.35. The molecule has 2 heteroatoms. The summed E-state index contributed by atoms with van der Waals surface area (Å²) in [5.41, 5.74) is 3.06. The molecule has 23 heavy (non-hydrogen) atoms. The number of benzene rings is 2. The highest BCUT2D eigenvalue weighted by Gasteiger charge is 2.19. The van der Waals surface area contributed by atoms with Gasteiger partial charge in [0.25, 0.3) is 0 Å². The van der Waals surface area contributed by atoms with Gasteiger partial charge in [-0.2, -0.15) is 0 Å². The average Bonchev–Trinajstić information content (AvgIpc) is 2.78. The first-order valence-corrected chi connectivity index (χ1v) is 11.2. The molecule has 0 fully saturated rings. The quantitative estimate of drug-likeness (QED) is 0.512. The van der Waals surface area contributed by atoms with E-state index in [4.69, 9.17) is 0 Å². The lowest BCUT2D eigenvalue weighted by Gasteiger charge is -2.20. The molecule has 118 valence electrons. The van der Waals surface area contributed by atoms with E-state index in [2.05, 4.69) is 88.4 Å².